The van der Waals surface area contributed by atoms with Crippen LogP contribution in [0.25, 0.3) is 0 Å². The third kappa shape index (κ3) is 4.76. The van der Waals surface area contributed by atoms with Crippen molar-refractivity contribution < 1.29 is 4.90 Å². The van der Waals surface area contributed by atoms with E-state index in [1.54, 1.807) is 4.90 Å². The first-order valence-corrected chi connectivity index (χ1v) is 9.82. The zero-order valence-corrected chi connectivity index (χ0v) is 16.4. The molecule has 3 rings (SSSR count). The van der Waals surface area contributed by atoms with Gasteiger partial charge < -0.3 is 15.1 Å². The molecule has 0 aliphatic carbocycles. The zero-order chi connectivity index (χ0) is 16.2. The summed E-state index contributed by atoms with van der Waals surface area (Å²) >= 11 is 10.9. The third-order valence-corrected chi connectivity index (χ3v) is 6.10. The molecule has 122 valence electrons. The van der Waals surface area contributed by atoms with E-state index in [4.69, 9.17) is 12.2 Å². The van der Waals surface area contributed by atoms with Crippen LogP contribution >= 0.6 is 39.5 Å². The highest BCUT2D eigenvalue weighted by Crippen LogP contribution is 2.21. The topological polar surface area (TPSA) is 19.7 Å². The van der Waals surface area contributed by atoms with Gasteiger partial charge in [0.2, 0.25) is 0 Å². The Morgan fingerprint density at radius 1 is 1.22 bits per heavy atom. The van der Waals surface area contributed by atoms with E-state index >= 15 is 0 Å². The van der Waals surface area contributed by atoms with Crippen LogP contribution in [-0.2, 0) is 6.54 Å². The fourth-order valence-corrected chi connectivity index (χ4v) is 4.59. The van der Waals surface area contributed by atoms with Gasteiger partial charge in [-0.1, -0.05) is 17.7 Å². The van der Waals surface area contributed by atoms with Crippen molar-refractivity contribution in [2.24, 2.45) is 0 Å². The summed E-state index contributed by atoms with van der Waals surface area (Å²) in [6.07, 6.45) is 0. The van der Waals surface area contributed by atoms with Gasteiger partial charge in [-0.15, -0.1) is 11.3 Å². The van der Waals surface area contributed by atoms with Crippen molar-refractivity contribution >= 4 is 50.3 Å². The Morgan fingerprint density at radius 2 is 1.91 bits per heavy atom. The summed E-state index contributed by atoms with van der Waals surface area (Å²) in [5.41, 5.74) is 2.33. The van der Waals surface area contributed by atoms with Gasteiger partial charge >= 0.3 is 0 Å². The van der Waals surface area contributed by atoms with Crippen LogP contribution in [0.1, 0.15) is 10.4 Å². The predicted molar refractivity (Wildman–Crippen MR) is 105 cm³/mol. The molecule has 3 nitrogen and oxygen atoms in total. The molecule has 2 heterocycles. The minimum atomic E-state index is 0.840. The number of nitrogens with zero attached hydrogens (tertiary/aromatic N) is 1. The van der Waals surface area contributed by atoms with E-state index in [0.29, 0.717) is 0 Å². The van der Waals surface area contributed by atoms with Crippen molar-refractivity contribution in [3.63, 3.8) is 0 Å². The quantitative estimate of drug-likeness (QED) is 0.758. The van der Waals surface area contributed by atoms with Crippen molar-refractivity contribution in [1.82, 2.24) is 4.90 Å². The summed E-state index contributed by atoms with van der Waals surface area (Å²) in [6.45, 7) is 7.49. The molecule has 1 fully saturated rings. The van der Waals surface area contributed by atoms with Crippen LogP contribution in [0.15, 0.2) is 40.2 Å². The SMILES string of the molecule is Cc1ccc(NC(=S)N2CC[NH+](Cc3ccc(Br)s3)CC2)cc1. The molecule has 2 N–H and O–H groups in total. The van der Waals surface area contributed by atoms with E-state index in [-0.39, 0.29) is 0 Å². The number of piperazine rings is 1. The maximum absolute atomic E-state index is 5.56. The molecule has 0 radical (unpaired) electrons. The molecule has 1 aliphatic heterocycles. The van der Waals surface area contributed by atoms with E-state index < -0.39 is 0 Å². The van der Waals surface area contributed by atoms with Gasteiger partial charge in [-0.05, 0) is 59.3 Å². The maximum Gasteiger partial charge on any atom is 0.173 e. The number of anilines is 1. The molecule has 0 saturated carbocycles. The zero-order valence-electron chi connectivity index (χ0n) is 13.1. The Labute approximate surface area is 155 Å². The summed E-state index contributed by atoms with van der Waals surface area (Å²) in [5.74, 6) is 0. The number of hydrogen-bond donors (Lipinski definition) is 2. The molecule has 1 saturated heterocycles. The average Bonchev–Trinajstić information content (AvgIpc) is 2.95. The van der Waals surface area contributed by atoms with E-state index in [0.717, 1.165) is 43.5 Å². The number of thiophene rings is 1. The highest BCUT2D eigenvalue weighted by molar-refractivity contribution is 9.11. The highest BCUT2D eigenvalue weighted by atomic mass is 79.9. The predicted octanol–water partition coefficient (Wildman–Crippen LogP) is 2.92. The van der Waals surface area contributed by atoms with Crippen LogP contribution in [-0.4, -0.2) is 36.2 Å². The third-order valence-electron chi connectivity index (χ3n) is 4.11. The van der Waals surface area contributed by atoms with E-state index in [2.05, 4.69) is 69.5 Å². The van der Waals surface area contributed by atoms with Gasteiger partial charge in [0.25, 0.3) is 0 Å². The lowest BCUT2D eigenvalue weighted by Crippen LogP contribution is -3.13. The van der Waals surface area contributed by atoms with Crippen molar-refractivity contribution in [1.29, 1.82) is 0 Å². The number of hydrogen-bond acceptors (Lipinski definition) is 2. The van der Waals surface area contributed by atoms with Crippen molar-refractivity contribution in [2.75, 3.05) is 31.5 Å². The monoisotopic (exact) mass is 410 g/mol. The number of thiocarbonyl (C=S) groups is 1. The lowest BCUT2D eigenvalue weighted by molar-refractivity contribution is -0.917. The molecule has 23 heavy (non-hydrogen) atoms. The molecule has 0 atom stereocenters. The Hall–Kier alpha value is -0.950. The van der Waals surface area contributed by atoms with E-state index in [9.17, 15) is 0 Å². The standard InChI is InChI=1S/C17H20BrN3S2/c1-13-2-4-14(5-3-13)19-17(22)21-10-8-20(9-11-21)12-15-6-7-16(18)23-15/h2-7H,8-12H2,1H3,(H,19,22)/p+1. The first-order valence-electron chi connectivity index (χ1n) is 7.80. The second kappa shape index (κ2) is 7.75. The second-order valence-electron chi connectivity index (χ2n) is 5.92. The van der Waals surface area contributed by atoms with Gasteiger partial charge in [-0.2, -0.15) is 0 Å². The van der Waals surface area contributed by atoms with Gasteiger partial charge in [0.05, 0.1) is 34.8 Å². The summed E-state index contributed by atoms with van der Waals surface area (Å²) < 4.78 is 1.22. The first-order chi connectivity index (χ1) is 11.1. The molecular weight excluding hydrogens is 390 g/mol. The van der Waals surface area contributed by atoms with Crippen LogP contribution < -0.4 is 10.2 Å². The van der Waals surface area contributed by atoms with Crippen LogP contribution in [0.4, 0.5) is 5.69 Å². The van der Waals surface area contributed by atoms with Crippen LogP contribution in [0, 0.1) is 6.92 Å². The molecule has 0 spiro atoms. The largest absolute Gasteiger partial charge is 0.338 e. The van der Waals surface area contributed by atoms with Gasteiger partial charge in [0.1, 0.15) is 6.54 Å². The molecule has 1 aromatic carbocycles. The average molecular weight is 411 g/mol. The summed E-state index contributed by atoms with van der Waals surface area (Å²) in [7, 11) is 0. The van der Waals surface area contributed by atoms with Gasteiger partial charge in [-0.3, -0.25) is 0 Å². The maximum atomic E-state index is 5.56. The number of rotatable bonds is 3. The van der Waals surface area contributed by atoms with Crippen LogP contribution in [0.5, 0.6) is 0 Å². The van der Waals surface area contributed by atoms with Gasteiger partial charge in [-0.25, -0.2) is 0 Å². The summed E-state index contributed by atoms with van der Waals surface area (Å²) in [4.78, 5) is 5.36. The number of aryl methyl sites for hydroxylation is 1. The number of halogens is 1. The van der Waals surface area contributed by atoms with E-state index in [1.807, 2.05) is 11.3 Å². The molecule has 1 aromatic heterocycles. The second-order valence-corrected chi connectivity index (χ2v) is 8.85. The summed E-state index contributed by atoms with van der Waals surface area (Å²) in [5, 5.41) is 4.19. The minimum absolute atomic E-state index is 0.840. The van der Waals surface area contributed by atoms with Crippen LogP contribution in [0.3, 0.4) is 0 Å². The van der Waals surface area contributed by atoms with Gasteiger partial charge in [0.15, 0.2) is 5.11 Å². The van der Waals surface area contributed by atoms with E-state index in [1.165, 1.54) is 14.2 Å². The fourth-order valence-electron chi connectivity index (χ4n) is 2.74. The molecule has 1 aliphatic rings. The molecule has 6 heteroatoms. The lowest BCUT2D eigenvalue weighted by atomic mass is 10.2. The molecule has 0 unspecified atom stereocenters. The Kier molecular flexibility index (Phi) is 5.69. The molecular formula is C17H21BrN3S2+. The van der Waals surface area contributed by atoms with Crippen molar-refractivity contribution in [3.8, 4) is 0 Å². The number of benzene rings is 1. The Morgan fingerprint density at radius 3 is 2.52 bits per heavy atom. The minimum Gasteiger partial charge on any atom is -0.338 e. The Bertz CT molecular complexity index is 661. The molecule has 2 aromatic rings. The fraction of sp³-hybridized carbons (Fsp3) is 0.353. The normalized spacial score (nSPS) is 15.7. The highest BCUT2D eigenvalue weighted by Gasteiger charge is 2.22. The first kappa shape index (κ1) is 16.9. The summed E-state index contributed by atoms with van der Waals surface area (Å²) in [6, 6.07) is 12.7. The Balaban J connectivity index is 1.48. The molecule has 0 amide bonds. The van der Waals surface area contributed by atoms with Crippen molar-refractivity contribution in [2.45, 2.75) is 13.5 Å². The van der Waals surface area contributed by atoms with Crippen molar-refractivity contribution in [3.05, 3.63) is 50.6 Å². The number of nitrogens with one attached hydrogen (secondary N) is 2. The van der Waals surface area contributed by atoms with Crippen LogP contribution in [0.2, 0.25) is 0 Å². The number of quaternary nitrogens is 1. The van der Waals surface area contributed by atoms with Gasteiger partial charge in [0, 0.05) is 5.69 Å². The smallest absolute Gasteiger partial charge is 0.173 e. The lowest BCUT2D eigenvalue weighted by Gasteiger charge is -2.33. The molecule has 0 bridgehead atoms.